The van der Waals surface area contributed by atoms with Crippen molar-refractivity contribution < 1.29 is 8.42 Å². The van der Waals surface area contributed by atoms with Gasteiger partial charge in [-0.1, -0.05) is 6.92 Å². The van der Waals surface area contributed by atoms with Gasteiger partial charge in [0, 0.05) is 23.5 Å². The Bertz CT molecular complexity index is 650. The first kappa shape index (κ1) is 13.5. The van der Waals surface area contributed by atoms with Crippen LogP contribution in [0.4, 0.5) is 5.82 Å². The van der Waals surface area contributed by atoms with Crippen LogP contribution >= 0.6 is 0 Å². The normalized spacial score (nSPS) is 11.5. The molecule has 0 atom stereocenters. The molecular formula is C12H16N4O2S. The lowest BCUT2D eigenvalue weighted by Crippen LogP contribution is -2.16. The summed E-state index contributed by atoms with van der Waals surface area (Å²) in [6.45, 7) is 3.64. The van der Waals surface area contributed by atoms with E-state index in [4.69, 9.17) is 0 Å². The molecule has 102 valence electrons. The van der Waals surface area contributed by atoms with Crippen LogP contribution in [0.3, 0.4) is 0 Å². The Morgan fingerprint density at radius 3 is 2.63 bits per heavy atom. The van der Waals surface area contributed by atoms with Gasteiger partial charge in [-0.3, -0.25) is 14.8 Å². The molecule has 0 aliphatic heterocycles. The number of sulfonamides is 1. The molecule has 0 fully saturated rings. The average Bonchev–Trinajstić information content (AvgIpc) is 2.71. The minimum Gasteiger partial charge on any atom is -0.275 e. The van der Waals surface area contributed by atoms with Crippen LogP contribution in [-0.2, 0) is 10.0 Å². The van der Waals surface area contributed by atoms with Gasteiger partial charge in [0.15, 0.2) is 5.82 Å². The van der Waals surface area contributed by atoms with Gasteiger partial charge >= 0.3 is 0 Å². The predicted octanol–water partition coefficient (Wildman–Crippen LogP) is 1.93. The maximum Gasteiger partial charge on any atom is 0.233 e. The highest BCUT2D eigenvalue weighted by Gasteiger charge is 2.16. The maximum atomic E-state index is 11.7. The molecule has 0 bridgehead atoms. The number of aromatic amines is 1. The fourth-order valence-corrected chi connectivity index (χ4v) is 2.90. The third-order valence-corrected chi connectivity index (χ3v) is 4.15. The summed E-state index contributed by atoms with van der Waals surface area (Å²) in [5.74, 6) is 0.435. The summed E-state index contributed by atoms with van der Waals surface area (Å²) in [6.07, 6.45) is 3.92. The molecule has 19 heavy (non-hydrogen) atoms. The quantitative estimate of drug-likeness (QED) is 0.876. The molecule has 2 aromatic heterocycles. The summed E-state index contributed by atoms with van der Waals surface area (Å²) in [5, 5.41) is 6.87. The first-order chi connectivity index (χ1) is 9.03. The summed E-state index contributed by atoms with van der Waals surface area (Å²) < 4.78 is 25.9. The number of hydrogen-bond acceptors (Lipinski definition) is 4. The molecule has 0 aliphatic carbocycles. The monoisotopic (exact) mass is 280 g/mol. The van der Waals surface area contributed by atoms with E-state index in [2.05, 4.69) is 19.9 Å². The van der Waals surface area contributed by atoms with Crippen LogP contribution in [0.2, 0.25) is 0 Å². The lowest BCUT2D eigenvalue weighted by atomic mass is 10.1. The number of H-pyrrole nitrogens is 1. The highest BCUT2D eigenvalue weighted by molar-refractivity contribution is 7.92. The summed E-state index contributed by atoms with van der Waals surface area (Å²) in [5.41, 5.74) is 2.48. The molecule has 0 unspecified atom stereocenters. The first-order valence-corrected chi connectivity index (χ1v) is 7.64. The Balaban J connectivity index is 2.29. The SMILES string of the molecule is CCCS(=O)(=O)Nc1n[nH]c(-c2ccncc2)c1C. The Morgan fingerprint density at radius 1 is 1.32 bits per heavy atom. The first-order valence-electron chi connectivity index (χ1n) is 5.99. The van der Waals surface area contributed by atoms with E-state index in [1.54, 1.807) is 12.4 Å². The van der Waals surface area contributed by atoms with Crippen molar-refractivity contribution in [2.24, 2.45) is 0 Å². The zero-order valence-electron chi connectivity index (χ0n) is 10.8. The van der Waals surface area contributed by atoms with E-state index in [9.17, 15) is 8.42 Å². The summed E-state index contributed by atoms with van der Waals surface area (Å²) in [4.78, 5) is 3.95. The van der Waals surface area contributed by atoms with E-state index in [0.717, 1.165) is 16.8 Å². The molecule has 2 heterocycles. The second-order valence-electron chi connectivity index (χ2n) is 4.23. The van der Waals surface area contributed by atoms with Gasteiger partial charge < -0.3 is 0 Å². The second-order valence-corrected chi connectivity index (χ2v) is 6.07. The number of anilines is 1. The molecule has 0 saturated carbocycles. The molecule has 2 aromatic rings. The smallest absolute Gasteiger partial charge is 0.233 e. The zero-order valence-corrected chi connectivity index (χ0v) is 11.7. The molecule has 6 nitrogen and oxygen atoms in total. The third kappa shape index (κ3) is 3.11. The maximum absolute atomic E-state index is 11.7. The van der Waals surface area contributed by atoms with E-state index in [0.29, 0.717) is 12.2 Å². The fourth-order valence-electron chi connectivity index (χ4n) is 1.76. The van der Waals surface area contributed by atoms with Crippen LogP contribution in [0.1, 0.15) is 18.9 Å². The zero-order chi connectivity index (χ0) is 13.9. The molecule has 0 spiro atoms. The Morgan fingerprint density at radius 2 is 2.00 bits per heavy atom. The van der Waals surface area contributed by atoms with Crippen LogP contribution in [0.25, 0.3) is 11.3 Å². The molecule has 0 amide bonds. The Hall–Kier alpha value is -1.89. The van der Waals surface area contributed by atoms with Gasteiger partial charge in [-0.15, -0.1) is 0 Å². The van der Waals surface area contributed by atoms with E-state index >= 15 is 0 Å². The van der Waals surface area contributed by atoms with Gasteiger partial charge in [0.1, 0.15) is 0 Å². The van der Waals surface area contributed by atoms with Crippen molar-refractivity contribution >= 4 is 15.8 Å². The number of aromatic nitrogens is 3. The topological polar surface area (TPSA) is 87.7 Å². The van der Waals surface area contributed by atoms with Gasteiger partial charge in [0.25, 0.3) is 0 Å². The summed E-state index contributed by atoms with van der Waals surface area (Å²) >= 11 is 0. The number of hydrogen-bond donors (Lipinski definition) is 2. The number of nitrogens with zero attached hydrogens (tertiary/aromatic N) is 2. The van der Waals surface area contributed by atoms with E-state index in [-0.39, 0.29) is 5.75 Å². The van der Waals surface area contributed by atoms with Crippen molar-refractivity contribution in [1.29, 1.82) is 0 Å². The average molecular weight is 280 g/mol. The van der Waals surface area contributed by atoms with Gasteiger partial charge in [0.05, 0.1) is 11.4 Å². The Kier molecular flexibility index (Phi) is 3.84. The van der Waals surface area contributed by atoms with Crippen LogP contribution in [0.15, 0.2) is 24.5 Å². The van der Waals surface area contributed by atoms with Crippen molar-refractivity contribution in [2.45, 2.75) is 20.3 Å². The molecule has 7 heteroatoms. The van der Waals surface area contributed by atoms with Crippen molar-refractivity contribution in [2.75, 3.05) is 10.5 Å². The molecule has 2 N–H and O–H groups in total. The lowest BCUT2D eigenvalue weighted by Gasteiger charge is -2.05. The van der Waals surface area contributed by atoms with Crippen LogP contribution in [0, 0.1) is 6.92 Å². The standard InChI is InChI=1S/C12H16N4O2S/c1-3-8-19(17,18)16-12-9(2)11(14-15-12)10-4-6-13-7-5-10/h4-7H,3,8H2,1-2H3,(H2,14,15,16). The molecule has 0 aliphatic rings. The van der Waals surface area contributed by atoms with Gasteiger partial charge in [0.2, 0.25) is 10.0 Å². The Labute approximate surface area is 112 Å². The van der Waals surface area contributed by atoms with Gasteiger partial charge in [-0.2, -0.15) is 5.10 Å². The number of pyridine rings is 1. The van der Waals surface area contributed by atoms with Crippen molar-refractivity contribution in [3.05, 3.63) is 30.1 Å². The molecule has 0 aromatic carbocycles. The minimum absolute atomic E-state index is 0.0872. The highest BCUT2D eigenvalue weighted by Crippen LogP contribution is 2.25. The van der Waals surface area contributed by atoms with E-state index in [1.165, 1.54) is 0 Å². The fraction of sp³-hybridized carbons (Fsp3) is 0.333. The van der Waals surface area contributed by atoms with Gasteiger partial charge in [-0.05, 0) is 25.5 Å². The van der Waals surface area contributed by atoms with Crippen LogP contribution in [0.5, 0.6) is 0 Å². The minimum atomic E-state index is -3.32. The molecule has 0 saturated heterocycles. The van der Waals surface area contributed by atoms with Crippen LogP contribution < -0.4 is 4.72 Å². The van der Waals surface area contributed by atoms with Crippen LogP contribution in [-0.4, -0.2) is 29.4 Å². The molecule has 2 rings (SSSR count). The van der Waals surface area contributed by atoms with Gasteiger partial charge in [-0.25, -0.2) is 8.42 Å². The summed E-state index contributed by atoms with van der Waals surface area (Å²) in [7, 11) is -3.32. The largest absolute Gasteiger partial charge is 0.275 e. The molecular weight excluding hydrogens is 264 g/mol. The highest BCUT2D eigenvalue weighted by atomic mass is 32.2. The second kappa shape index (κ2) is 5.40. The third-order valence-electron chi connectivity index (χ3n) is 2.70. The predicted molar refractivity (Wildman–Crippen MR) is 74.3 cm³/mol. The van der Waals surface area contributed by atoms with Crippen molar-refractivity contribution in [1.82, 2.24) is 15.2 Å². The van der Waals surface area contributed by atoms with Crippen molar-refractivity contribution in [3.63, 3.8) is 0 Å². The van der Waals surface area contributed by atoms with E-state index in [1.807, 2.05) is 26.0 Å². The van der Waals surface area contributed by atoms with Crippen molar-refractivity contribution in [3.8, 4) is 11.3 Å². The summed E-state index contributed by atoms with van der Waals surface area (Å²) in [6, 6.07) is 3.68. The number of rotatable bonds is 5. The lowest BCUT2D eigenvalue weighted by molar-refractivity contribution is 0.599. The van der Waals surface area contributed by atoms with E-state index < -0.39 is 10.0 Å². The number of nitrogens with one attached hydrogen (secondary N) is 2. The molecule has 0 radical (unpaired) electrons.